The van der Waals surface area contributed by atoms with Gasteiger partial charge in [0.15, 0.2) is 0 Å². The summed E-state index contributed by atoms with van der Waals surface area (Å²) in [6, 6.07) is 8.51. The first-order valence-electron chi connectivity index (χ1n) is 8.93. The van der Waals surface area contributed by atoms with Gasteiger partial charge in [0.1, 0.15) is 27.9 Å². The molecule has 0 radical (unpaired) electrons. The summed E-state index contributed by atoms with van der Waals surface area (Å²) < 4.78 is 44.2. The molecule has 3 aromatic heterocycles. The summed E-state index contributed by atoms with van der Waals surface area (Å²) >= 11 is 13.3. The van der Waals surface area contributed by atoms with E-state index < -0.39 is 11.7 Å². The smallest absolute Gasteiger partial charge is 0.416 e. The Bertz CT molecular complexity index is 1220. The number of nitrogens with zero attached hydrogens (tertiary/aromatic N) is 3. The molecule has 0 saturated heterocycles. The first-order valence-corrected chi connectivity index (χ1v) is 10.6. The summed E-state index contributed by atoms with van der Waals surface area (Å²) in [5, 5.41) is 6.18. The van der Waals surface area contributed by atoms with Gasteiger partial charge in [-0.1, -0.05) is 35.3 Å². The van der Waals surface area contributed by atoms with Crippen LogP contribution in [0.4, 0.5) is 19.0 Å². The molecule has 5 nitrogen and oxygen atoms in total. The van der Waals surface area contributed by atoms with Crippen LogP contribution in [0.25, 0.3) is 10.2 Å². The minimum Gasteiger partial charge on any atom is -0.439 e. The predicted octanol–water partition coefficient (Wildman–Crippen LogP) is 6.86. The van der Waals surface area contributed by atoms with Gasteiger partial charge in [0, 0.05) is 18.0 Å². The number of pyridine rings is 1. The Hall–Kier alpha value is -2.62. The van der Waals surface area contributed by atoms with Gasteiger partial charge in [-0.15, -0.1) is 11.3 Å². The Labute approximate surface area is 188 Å². The number of hydrogen-bond donors (Lipinski definition) is 1. The van der Waals surface area contributed by atoms with E-state index in [2.05, 4.69) is 20.3 Å². The Kier molecular flexibility index (Phi) is 6.17. The summed E-state index contributed by atoms with van der Waals surface area (Å²) in [6.07, 6.45) is -2.37. The third-order valence-electron chi connectivity index (χ3n) is 4.28. The first kappa shape index (κ1) is 21.6. The molecule has 11 heteroatoms. The SMILES string of the molecule is FC(F)(F)c1cc(Cl)nc(Oc2ccc(CCNc3ncnc4scc(Cl)c34)cc2)c1. The molecular formula is C20H13Cl2F3N4OS. The second-order valence-electron chi connectivity index (χ2n) is 6.42. The van der Waals surface area contributed by atoms with Crippen molar-refractivity contribution in [2.24, 2.45) is 0 Å². The standard InChI is InChI=1S/C20H13Cl2F3N4OS/c21-14-9-31-19-17(14)18(27-10-28-19)26-6-5-11-1-3-13(4-2-11)30-16-8-12(20(23,24)25)7-15(22)29-16/h1-4,7-10H,5-6H2,(H,26,27,28). The number of halogens is 5. The Morgan fingerprint density at radius 3 is 2.58 bits per heavy atom. The van der Waals surface area contributed by atoms with E-state index in [-0.39, 0.29) is 11.0 Å². The number of thiophene rings is 1. The quantitative estimate of drug-likeness (QED) is 0.303. The van der Waals surface area contributed by atoms with Crippen LogP contribution in [0.2, 0.25) is 10.2 Å². The molecule has 0 spiro atoms. The zero-order chi connectivity index (χ0) is 22.0. The van der Waals surface area contributed by atoms with Gasteiger partial charge in [-0.25, -0.2) is 15.0 Å². The minimum absolute atomic E-state index is 0.227. The highest BCUT2D eigenvalue weighted by Crippen LogP contribution is 2.34. The Morgan fingerprint density at radius 2 is 1.84 bits per heavy atom. The number of ether oxygens (including phenoxy) is 1. The van der Waals surface area contributed by atoms with Crippen molar-refractivity contribution in [2.45, 2.75) is 12.6 Å². The molecule has 0 saturated carbocycles. The Balaban J connectivity index is 1.39. The maximum absolute atomic E-state index is 12.9. The van der Waals surface area contributed by atoms with Gasteiger partial charge in [0.25, 0.3) is 0 Å². The molecule has 31 heavy (non-hydrogen) atoms. The molecular weight excluding hydrogens is 472 g/mol. The van der Waals surface area contributed by atoms with Gasteiger partial charge in [0.2, 0.25) is 5.88 Å². The molecule has 0 aliphatic carbocycles. The lowest BCUT2D eigenvalue weighted by atomic mass is 10.1. The molecule has 4 rings (SSSR count). The lowest BCUT2D eigenvalue weighted by molar-refractivity contribution is -0.137. The second-order valence-corrected chi connectivity index (χ2v) is 8.08. The fraction of sp³-hybridized carbons (Fsp3) is 0.150. The van der Waals surface area contributed by atoms with Crippen molar-refractivity contribution >= 4 is 50.6 Å². The number of rotatable bonds is 6. The molecule has 1 N–H and O–H groups in total. The van der Waals surface area contributed by atoms with E-state index in [9.17, 15) is 13.2 Å². The summed E-state index contributed by atoms with van der Waals surface area (Å²) in [5.41, 5.74) is 0.0753. The monoisotopic (exact) mass is 484 g/mol. The molecule has 160 valence electrons. The molecule has 0 aliphatic heterocycles. The minimum atomic E-state index is -4.54. The molecule has 0 atom stereocenters. The largest absolute Gasteiger partial charge is 0.439 e. The van der Waals surface area contributed by atoms with Crippen molar-refractivity contribution < 1.29 is 17.9 Å². The predicted molar refractivity (Wildman–Crippen MR) is 115 cm³/mol. The van der Waals surface area contributed by atoms with Gasteiger partial charge in [-0.3, -0.25) is 0 Å². The number of anilines is 1. The van der Waals surface area contributed by atoms with E-state index in [0.717, 1.165) is 27.9 Å². The number of aromatic nitrogens is 3. The molecule has 0 amide bonds. The van der Waals surface area contributed by atoms with Crippen LogP contribution in [0.1, 0.15) is 11.1 Å². The zero-order valence-corrected chi connectivity index (χ0v) is 17.9. The van der Waals surface area contributed by atoms with E-state index in [4.69, 9.17) is 27.9 Å². The molecule has 0 fully saturated rings. The van der Waals surface area contributed by atoms with Gasteiger partial charge < -0.3 is 10.1 Å². The summed E-state index contributed by atoms with van der Waals surface area (Å²) in [7, 11) is 0. The van der Waals surface area contributed by atoms with E-state index in [1.165, 1.54) is 17.7 Å². The lowest BCUT2D eigenvalue weighted by Crippen LogP contribution is -2.07. The third kappa shape index (κ3) is 5.17. The van der Waals surface area contributed by atoms with Crippen LogP contribution >= 0.6 is 34.5 Å². The molecule has 0 bridgehead atoms. The van der Waals surface area contributed by atoms with Gasteiger partial charge >= 0.3 is 6.18 Å². The van der Waals surface area contributed by atoms with Gasteiger partial charge in [-0.05, 0) is 30.2 Å². The highest BCUT2D eigenvalue weighted by molar-refractivity contribution is 7.17. The molecule has 4 aromatic rings. The van der Waals surface area contributed by atoms with Crippen molar-refractivity contribution in [3.05, 3.63) is 69.4 Å². The van der Waals surface area contributed by atoms with Crippen LogP contribution in [0, 0.1) is 0 Å². The van der Waals surface area contributed by atoms with Crippen molar-refractivity contribution in [1.29, 1.82) is 0 Å². The van der Waals surface area contributed by atoms with Crippen molar-refractivity contribution in [3.63, 3.8) is 0 Å². The van der Waals surface area contributed by atoms with E-state index in [1.54, 1.807) is 12.1 Å². The van der Waals surface area contributed by atoms with Crippen molar-refractivity contribution in [2.75, 3.05) is 11.9 Å². The number of hydrogen-bond acceptors (Lipinski definition) is 6. The summed E-state index contributed by atoms with van der Waals surface area (Å²) in [5.74, 6) is 0.792. The average Bonchev–Trinajstić information content (AvgIpc) is 3.10. The first-order chi connectivity index (χ1) is 14.8. The van der Waals surface area contributed by atoms with Gasteiger partial charge in [0.05, 0.1) is 16.0 Å². The zero-order valence-electron chi connectivity index (χ0n) is 15.6. The summed E-state index contributed by atoms with van der Waals surface area (Å²) in [6.45, 7) is 0.600. The van der Waals surface area contributed by atoms with Crippen LogP contribution in [0.3, 0.4) is 0 Å². The topological polar surface area (TPSA) is 59.9 Å². The summed E-state index contributed by atoms with van der Waals surface area (Å²) in [4.78, 5) is 13.0. The normalized spacial score (nSPS) is 11.6. The third-order valence-corrected chi connectivity index (χ3v) is 5.78. The second kappa shape index (κ2) is 8.86. The lowest BCUT2D eigenvalue weighted by Gasteiger charge is -2.11. The molecule has 3 heterocycles. The molecule has 0 aliphatic rings. The maximum Gasteiger partial charge on any atom is 0.416 e. The highest BCUT2D eigenvalue weighted by atomic mass is 35.5. The molecule has 0 unspecified atom stereocenters. The van der Waals surface area contributed by atoms with E-state index in [1.807, 2.05) is 17.5 Å². The van der Waals surface area contributed by atoms with Crippen LogP contribution in [0.5, 0.6) is 11.6 Å². The van der Waals surface area contributed by atoms with Crippen LogP contribution in [-0.2, 0) is 12.6 Å². The highest BCUT2D eigenvalue weighted by Gasteiger charge is 2.31. The van der Waals surface area contributed by atoms with E-state index >= 15 is 0 Å². The van der Waals surface area contributed by atoms with Crippen LogP contribution in [-0.4, -0.2) is 21.5 Å². The van der Waals surface area contributed by atoms with Crippen LogP contribution < -0.4 is 10.1 Å². The number of fused-ring (bicyclic) bond motifs is 1. The number of nitrogens with one attached hydrogen (secondary N) is 1. The Morgan fingerprint density at radius 1 is 1.06 bits per heavy atom. The van der Waals surface area contributed by atoms with Crippen molar-refractivity contribution in [3.8, 4) is 11.6 Å². The van der Waals surface area contributed by atoms with Crippen LogP contribution in [0.15, 0.2) is 48.1 Å². The number of benzene rings is 1. The molecule has 1 aromatic carbocycles. The van der Waals surface area contributed by atoms with E-state index in [0.29, 0.717) is 29.6 Å². The van der Waals surface area contributed by atoms with Gasteiger partial charge in [-0.2, -0.15) is 13.2 Å². The fourth-order valence-electron chi connectivity index (χ4n) is 2.83. The maximum atomic E-state index is 12.9. The van der Waals surface area contributed by atoms with Crippen molar-refractivity contribution in [1.82, 2.24) is 15.0 Å². The fourth-order valence-corrected chi connectivity index (χ4v) is 4.17. The number of alkyl halides is 3. The average molecular weight is 485 g/mol.